The Bertz CT molecular complexity index is 1140. The maximum atomic E-state index is 12.8. The number of amides is 2. The molecule has 34 heavy (non-hydrogen) atoms. The van der Waals surface area contributed by atoms with E-state index in [0.29, 0.717) is 28.1 Å². The van der Waals surface area contributed by atoms with Crippen LogP contribution in [0, 0.1) is 6.92 Å². The van der Waals surface area contributed by atoms with Crippen LogP contribution >= 0.6 is 23.2 Å². The van der Waals surface area contributed by atoms with Crippen LogP contribution in [0.1, 0.15) is 48.4 Å². The lowest BCUT2D eigenvalue weighted by Gasteiger charge is -2.15. The molecule has 4 N–H and O–H groups in total. The first-order valence-electron chi connectivity index (χ1n) is 10.7. The number of aryl methyl sites for hydroxylation is 1. The topological polar surface area (TPSA) is 120 Å². The summed E-state index contributed by atoms with van der Waals surface area (Å²) in [5, 5.41) is 1.04. The number of carbonyl (C=O) groups excluding carboxylic acids is 2. The van der Waals surface area contributed by atoms with Crippen molar-refractivity contribution in [3.63, 3.8) is 0 Å². The second-order valence-electron chi connectivity index (χ2n) is 7.34. The summed E-state index contributed by atoms with van der Waals surface area (Å²) in [5.74, 6) is -0.0398. The third-order valence-corrected chi connectivity index (χ3v) is 5.27. The van der Waals surface area contributed by atoms with E-state index in [1.807, 2.05) is 13.0 Å². The molecule has 0 spiro atoms. The third kappa shape index (κ3) is 7.28. The molecule has 3 aromatic rings. The van der Waals surface area contributed by atoms with Crippen molar-refractivity contribution in [3.05, 3.63) is 64.6 Å². The molecule has 8 nitrogen and oxygen atoms in total. The molecule has 0 saturated carbocycles. The highest BCUT2D eigenvalue weighted by Gasteiger charge is 2.21. The van der Waals surface area contributed by atoms with E-state index in [9.17, 15) is 9.59 Å². The first kappa shape index (κ1) is 29.1. The molecule has 0 saturated heterocycles. The second-order valence-corrected chi connectivity index (χ2v) is 8.18. The van der Waals surface area contributed by atoms with Gasteiger partial charge in [0.1, 0.15) is 5.69 Å². The summed E-state index contributed by atoms with van der Waals surface area (Å²) in [6, 6.07) is 5.29. The predicted octanol–water partition coefficient (Wildman–Crippen LogP) is 4.64. The van der Waals surface area contributed by atoms with Crippen molar-refractivity contribution < 1.29 is 9.59 Å². The van der Waals surface area contributed by atoms with Crippen LogP contribution in [0.25, 0.3) is 17.0 Å². The van der Waals surface area contributed by atoms with Crippen LogP contribution in [0.3, 0.4) is 0 Å². The van der Waals surface area contributed by atoms with E-state index >= 15 is 0 Å². The number of nitrogens with two attached hydrogens (primary N) is 2. The van der Waals surface area contributed by atoms with Gasteiger partial charge in [-0.05, 0) is 31.5 Å². The van der Waals surface area contributed by atoms with E-state index in [2.05, 4.69) is 35.8 Å². The fourth-order valence-corrected chi connectivity index (χ4v) is 3.66. The molecule has 0 aliphatic heterocycles. The van der Waals surface area contributed by atoms with Gasteiger partial charge < -0.3 is 16.4 Å². The zero-order valence-corrected chi connectivity index (χ0v) is 21.6. The fourth-order valence-electron chi connectivity index (χ4n) is 3.16. The van der Waals surface area contributed by atoms with Crippen molar-refractivity contribution in [1.82, 2.24) is 19.3 Å². The Morgan fingerprint density at radius 1 is 1.21 bits per heavy atom. The van der Waals surface area contributed by atoms with Crippen molar-refractivity contribution in [1.29, 1.82) is 0 Å². The molecule has 0 aliphatic carbocycles. The number of hydrogen-bond acceptors (Lipinski definition) is 5. The Morgan fingerprint density at radius 3 is 2.35 bits per heavy atom. The summed E-state index contributed by atoms with van der Waals surface area (Å²) in [4.78, 5) is 32.7. The van der Waals surface area contributed by atoms with Gasteiger partial charge in [-0.3, -0.25) is 14.0 Å². The standard InChI is InChI=1S/C20H23Cl2N5O.C2H5NO.C2H4/c1-4-5-8-26(3)19(28)17-11-27-18(14-7-6-13(21)9-16(14)22)15(10-23)12(2)24-20(27)25-17;1-2(3)4;1-2/h6-7,9,11H,4-5,8,10,23H2,1-3H3;1H3,(H2,3,4);1-2H2. The Hall–Kier alpha value is -2.94. The van der Waals surface area contributed by atoms with Crippen LogP contribution in [-0.4, -0.2) is 44.7 Å². The van der Waals surface area contributed by atoms with Gasteiger partial charge in [0.25, 0.3) is 5.91 Å². The van der Waals surface area contributed by atoms with E-state index in [0.717, 1.165) is 35.4 Å². The van der Waals surface area contributed by atoms with Crippen molar-refractivity contribution >= 4 is 40.8 Å². The van der Waals surface area contributed by atoms with Crippen molar-refractivity contribution in [2.45, 2.75) is 40.2 Å². The van der Waals surface area contributed by atoms with Crippen LogP contribution in [-0.2, 0) is 11.3 Å². The highest BCUT2D eigenvalue weighted by molar-refractivity contribution is 6.36. The molecule has 0 atom stereocenters. The molecule has 0 bridgehead atoms. The summed E-state index contributed by atoms with van der Waals surface area (Å²) in [7, 11) is 1.78. The van der Waals surface area contributed by atoms with E-state index in [-0.39, 0.29) is 18.4 Å². The van der Waals surface area contributed by atoms with Gasteiger partial charge in [0.2, 0.25) is 11.7 Å². The lowest BCUT2D eigenvalue weighted by Crippen LogP contribution is -2.27. The Balaban J connectivity index is 0.000000872. The summed E-state index contributed by atoms with van der Waals surface area (Å²) in [6.45, 7) is 12.2. The molecule has 0 radical (unpaired) electrons. The van der Waals surface area contributed by atoms with Crippen molar-refractivity contribution in [2.75, 3.05) is 13.6 Å². The number of carbonyl (C=O) groups is 2. The smallest absolute Gasteiger partial charge is 0.273 e. The monoisotopic (exact) mass is 506 g/mol. The molecule has 184 valence electrons. The van der Waals surface area contributed by atoms with E-state index in [4.69, 9.17) is 28.9 Å². The third-order valence-electron chi connectivity index (χ3n) is 4.72. The van der Waals surface area contributed by atoms with Crippen LogP contribution in [0.2, 0.25) is 10.0 Å². The summed E-state index contributed by atoms with van der Waals surface area (Å²) >= 11 is 12.5. The molecule has 2 aromatic heterocycles. The Morgan fingerprint density at radius 2 is 1.82 bits per heavy atom. The van der Waals surface area contributed by atoms with Crippen LogP contribution in [0.15, 0.2) is 37.6 Å². The van der Waals surface area contributed by atoms with Crippen molar-refractivity contribution in [3.8, 4) is 11.3 Å². The quantitative estimate of drug-likeness (QED) is 0.471. The average Bonchev–Trinajstić information content (AvgIpc) is 3.20. The lowest BCUT2D eigenvalue weighted by molar-refractivity contribution is -0.115. The largest absolute Gasteiger partial charge is 0.370 e. The Labute approximate surface area is 210 Å². The highest BCUT2D eigenvalue weighted by atomic mass is 35.5. The first-order valence-corrected chi connectivity index (χ1v) is 11.4. The number of primary amides is 1. The predicted molar refractivity (Wildman–Crippen MR) is 139 cm³/mol. The first-order chi connectivity index (χ1) is 16.1. The number of aromatic nitrogens is 3. The molecule has 3 rings (SSSR count). The minimum absolute atomic E-state index is 0.140. The second kappa shape index (κ2) is 13.7. The molecular weight excluding hydrogens is 475 g/mol. The van der Waals surface area contributed by atoms with Gasteiger partial charge >= 0.3 is 0 Å². The number of hydrogen-bond donors (Lipinski definition) is 2. The van der Waals surface area contributed by atoms with E-state index in [1.54, 1.807) is 34.7 Å². The molecule has 10 heteroatoms. The van der Waals surface area contributed by atoms with Crippen LogP contribution in [0.5, 0.6) is 0 Å². The van der Waals surface area contributed by atoms with E-state index in [1.165, 1.54) is 6.92 Å². The van der Waals surface area contributed by atoms with Gasteiger partial charge in [-0.1, -0.05) is 36.5 Å². The maximum absolute atomic E-state index is 12.8. The number of fused-ring (bicyclic) bond motifs is 1. The van der Waals surface area contributed by atoms with Gasteiger partial charge in [-0.15, -0.1) is 13.2 Å². The zero-order chi connectivity index (χ0) is 26.0. The fraction of sp³-hybridized carbons (Fsp3) is 0.333. The van der Waals surface area contributed by atoms with Gasteiger partial charge in [-0.25, -0.2) is 9.97 Å². The van der Waals surface area contributed by atoms with Gasteiger partial charge in [0, 0.05) is 55.1 Å². The molecule has 0 aliphatic rings. The summed E-state index contributed by atoms with van der Waals surface area (Å²) in [6.07, 6.45) is 3.66. The molecule has 2 amide bonds. The number of nitrogens with zero attached hydrogens (tertiary/aromatic N) is 4. The molecule has 0 unspecified atom stereocenters. The SMILES string of the molecule is C=C.CC(N)=O.CCCCN(C)C(=O)c1cn2c(-c3ccc(Cl)cc3Cl)c(CN)c(C)nc2n1. The molecule has 0 fully saturated rings. The van der Waals surface area contributed by atoms with Gasteiger partial charge in [-0.2, -0.15) is 0 Å². The normalized spacial score (nSPS) is 10.1. The highest BCUT2D eigenvalue weighted by Crippen LogP contribution is 2.34. The number of halogens is 2. The minimum atomic E-state index is -0.333. The number of benzene rings is 1. The Kier molecular flexibility index (Phi) is 11.7. The summed E-state index contributed by atoms with van der Waals surface area (Å²) in [5.41, 5.74) is 13.9. The lowest BCUT2D eigenvalue weighted by atomic mass is 10.0. The van der Waals surface area contributed by atoms with Gasteiger partial charge in [0.05, 0.1) is 10.7 Å². The average molecular weight is 507 g/mol. The molecule has 2 heterocycles. The zero-order valence-electron chi connectivity index (χ0n) is 20.1. The molecular formula is C24H32Cl2N6O2. The maximum Gasteiger partial charge on any atom is 0.273 e. The minimum Gasteiger partial charge on any atom is -0.370 e. The number of imidazole rings is 1. The van der Waals surface area contributed by atoms with E-state index < -0.39 is 0 Å². The van der Waals surface area contributed by atoms with Gasteiger partial charge in [0.15, 0.2) is 0 Å². The molecule has 1 aromatic carbocycles. The van der Waals surface area contributed by atoms with Crippen molar-refractivity contribution in [2.24, 2.45) is 11.5 Å². The summed E-state index contributed by atoms with van der Waals surface area (Å²) < 4.78 is 1.78. The number of unbranched alkanes of at least 4 members (excludes halogenated alkanes) is 1. The van der Waals surface area contributed by atoms with Crippen LogP contribution in [0.4, 0.5) is 0 Å². The van der Waals surface area contributed by atoms with Crippen LogP contribution < -0.4 is 11.5 Å². The number of rotatable bonds is 6.